The minimum absolute atomic E-state index is 0.0993. The first-order valence-electron chi connectivity index (χ1n) is 9.55. The monoisotopic (exact) mass is 378 g/mol. The maximum atomic E-state index is 13.2. The second kappa shape index (κ2) is 8.35. The van der Waals surface area contributed by atoms with Gasteiger partial charge in [0.05, 0.1) is 0 Å². The van der Waals surface area contributed by atoms with E-state index in [4.69, 9.17) is 0 Å². The SMILES string of the molecule is O=C(Nc1ccc(F)cc1)C(c1ccccc1)N1CCC(c2ccn[nH]2)CC1. The molecule has 0 radical (unpaired) electrons. The second-order valence-corrected chi connectivity index (χ2v) is 7.13. The van der Waals surface area contributed by atoms with Crippen LogP contribution >= 0.6 is 0 Å². The Morgan fingerprint density at radius 3 is 2.43 bits per heavy atom. The molecule has 0 saturated carbocycles. The molecule has 0 bridgehead atoms. The summed E-state index contributed by atoms with van der Waals surface area (Å²) >= 11 is 0. The molecule has 28 heavy (non-hydrogen) atoms. The van der Waals surface area contributed by atoms with Crippen LogP contribution in [0.4, 0.5) is 10.1 Å². The standard InChI is InChI=1S/C22H23FN4O/c23-18-6-8-19(9-7-18)25-22(28)21(17-4-2-1-3-5-17)27-14-11-16(12-15-27)20-10-13-24-26-20/h1-10,13,16,21H,11-12,14-15H2,(H,24,26)(H,25,28). The zero-order valence-electron chi connectivity index (χ0n) is 15.5. The third-order valence-electron chi connectivity index (χ3n) is 5.33. The van der Waals surface area contributed by atoms with Gasteiger partial charge in [0.2, 0.25) is 5.91 Å². The van der Waals surface area contributed by atoms with Gasteiger partial charge in [0.25, 0.3) is 0 Å². The fraction of sp³-hybridized carbons (Fsp3) is 0.273. The van der Waals surface area contributed by atoms with Crippen molar-refractivity contribution in [2.24, 2.45) is 0 Å². The van der Waals surface area contributed by atoms with E-state index >= 15 is 0 Å². The number of halogens is 1. The summed E-state index contributed by atoms with van der Waals surface area (Å²) < 4.78 is 13.2. The van der Waals surface area contributed by atoms with Crippen LogP contribution in [0.1, 0.15) is 36.1 Å². The van der Waals surface area contributed by atoms with Crippen LogP contribution in [0, 0.1) is 5.82 Å². The lowest BCUT2D eigenvalue weighted by Gasteiger charge is -2.36. The highest BCUT2D eigenvalue weighted by molar-refractivity contribution is 5.95. The number of aromatic nitrogens is 2. The van der Waals surface area contributed by atoms with Gasteiger partial charge in [-0.25, -0.2) is 4.39 Å². The normalized spacial score (nSPS) is 16.6. The van der Waals surface area contributed by atoms with E-state index in [1.54, 1.807) is 18.3 Å². The Morgan fingerprint density at radius 2 is 1.79 bits per heavy atom. The Hall–Kier alpha value is -2.99. The van der Waals surface area contributed by atoms with Gasteiger partial charge in [-0.1, -0.05) is 30.3 Å². The average molecular weight is 378 g/mol. The molecular weight excluding hydrogens is 355 g/mol. The molecule has 2 aromatic carbocycles. The summed E-state index contributed by atoms with van der Waals surface area (Å²) in [6, 6.07) is 17.3. The molecule has 1 fully saturated rings. The molecule has 144 valence electrons. The smallest absolute Gasteiger partial charge is 0.246 e. The highest BCUT2D eigenvalue weighted by Gasteiger charge is 2.31. The van der Waals surface area contributed by atoms with Crippen molar-refractivity contribution in [1.29, 1.82) is 0 Å². The van der Waals surface area contributed by atoms with Gasteiger partial charge in [-0.15, -0.1) is 0 Å². The lowest BCUT2D eigenvalue weighted by atomic mass is 9.91. The number of benzene rings is 2. The number of carbonyl (C=O) groups is 1. The van der Waals surface area contributed by atoms with Crippen LogP contribution in [-0.2, 0) is 4.79 Å². The van der Waals surface area contributed by atoms with Gasteiger partial charge in [-0.3, -0.25) is 14.8 Å². The van der Waals surface area contributed by atoms with Crippen molar-refractivity contribution in [3.63, 3.8) is 0 Å². The lowest BCUT2D eigenvalue weighted by molar-refractivity contribution is -0.122. The second-order valence-electron chi connectivity index (χ2n) is 7.13. The maximum Gasteiger partial charge on any atom is 0.246 e. The number of amides is 1. The van der Waals surface area contributed by atoms with Crippen molar-refractivity contribution >= 4 is 11.6 Å². The molecule has 3 aromatic rings. The molecule has 1 aromatic heterocycles. The molecule has 4 rings (SSSR count). The fourth-order valence-electron chi connectivity index (χ4n) is 3.87. The lowest BCUT2D eigenvalue weighted by Crippen LogP contribution is -2.41. The predicted octanol–water partition coefficient (Wildman–Crippen LogP) is 4.11. The predicted molar refractivity (Wildman–Crippen MR) is 106 cm³/mol. The highest BCUT2D eigenvalue weighted by Crippen LogP contribution is 2.32. The molecule has 1 amide bonds. The first kappa shape index (κ1) is 18.4. The fourth-order valence-corrected chi connectivity index (χ4v) is 3.87. The molecule has 0 spiro atoms. The number of hydrogen-bond donors (Lipinski definition) is 2. The zero-order chi connectivity index (χ0) is 19.3. The molecule has 1 unspecified atom stereocenters. The Kier molecular flexibility index (Phi) is 5.48. The molecule has 1 aliphatic heterocycles. The van der Waals surface area contributed by atoms with Crippen LogP contribution in [-0.4, -0.2) is 34.1 Å². The highest BCUT2D eigenvalue weighted by atomic mass is 19.1. The van der Waals surface area contributed by atoms with Crippen molar-refractivity contribution in [2.75, 3.05) is 18.4 Å². The molecule has 2 heterocycles. The molecule has 5 nitrogen and oxygen atoms in total. The third-order valence-corrected chi connectivity index (χ3v) is 5.33. The van der Waals surface area contributed by atoms with Crippen molar-refractivity contribution < 1.29 is 9.18 Å². The molecule has 6 heteroatoms. The van der Waals surface area contributed by atoms with E-state index in [2.05, 4.69) is 20.4 Å². The van der Waals surface area contributed by atoms with Gasteiger partial charge < -0.3 is 5.32 Å². The van der Waals surface area contributed by atoms with Gasteiger partial charge in [-0.05, 0) is 61.8 Å². The van der Waals surface area contributed by atoms with E-state index in [-0.39, 0.29) is 17.8 Å². The molecular formula is C22H23FN4O. The van der Waals surface area contributed by atoms with Crippen molar-refractivity contribution in [2.45, 2.75) is 24.8 Å². The number of aromatic amines is 1. The number of nitrogens with one attached hydrogen (secondary N) is 2. The van der Waals surface area contributed by atoms with E-state index in [1.807, 2.05) is 36.4 Å². The first-order chi connectivity index (χ1) is 13.7. The van der Waals surface area contributed by atoms with E-state index in [0.29, 0.717) is 11.6 Å². The Balaban J connectivity index is 1.51. The van der Waals surface area contributed by atoms with Crippen molar-refractivity contribution in [1.82, 2.24) is 15.1 Å². The molecule has 0 aliphatic carbocycles. The number of nitrogens with zero attached hydrogens (tertiary/aromatic N) is 2. The molecule has 1 aliphatic rings. The summed E-state index contributed by atoms with van der Waals surface area (Å²) in [5, 5.41) is 10.1. The van der Waals surface area contributed by atoms with Gasteiger partial charge in [0, 0.05) is 23.5 Å². The quantitative estimate of drug-likeness (QED) is 0.702. The number of likely N-dealkylation sites (tertiary alicyclic amines) is 1. The number of H-pyrrole nitrogens is 1. The molecule has 1 saturated heterocycles. The Morgan fingerprint density at radius 1 is 1.07 bits per heavy atom. The minimum atomic E-state index is -0.381. The summed E-state index contributed by atoms with van der Waals surface area (Å²) in [7, 11) is 0. The molecule has 2 N–H and O–H groups in total. The van der Waals surface area contributed by atoms with E-state index in [1.165, 1.54) is 12.1 Å². The van der Waals surface area contributed by atoms with Crippen LogP contribution < -0.4 is 5.32 Å². The summed E-state index contributed by atoms with van der Waals surface area (Å²) in [4.78, 5) is 15.4. The largest absolute Gasteiger partial charge is 0.324 e. The van der Waals surface area contributed by atoms with Gasteiger partial charge in [0.1, 0.15) is 11.9 Å². The Bertz CT molecular complexity index is 888. The van der Waals surface area contributed by atoms with E-state index in [0.717, 1.165) is 37.2 Å². The zero-order valence-corrected chi connectivity index (χ0v) is 15.5. The Labute approximate surface area is 163 Å². The minimum Gasteiger partial charge on any atom is -0.324 e. The number of piperidine rings is 1. The number of anilines is 1. The van der Waals surface area contributed by atoms with Crippen LogP contribution in [0.3, 0.4) is 0 Å². The summed E-state index contributed by atoms with van der Waals surface area (Å²) in [5.74, 6) is 0.0200. The van der Waals surface area contributed by atoms with Gasteiger partial charge >= 0.3 is 0 Å². The van der Waals surface area contributed by atoms with Crippen LogP contribution in [0.15, 0.2) is 66.9 Å². The van der Waals surface area contributed by atoms with E-state index in [9.17, 15) is 9.18 Å². The topological polar surface area (TPSA) is 61.0 Å². The van der Waals surface area contributed by atoms with Crippen molar-refractivity contribution in [3.8, 4) is 0 Å². The van der Waals surface area contributed by atoms with Crippen LogP contribution in [0.2, 0.25) is 0 Å². The van der Waals surface area contributed by atoms with Crippen LogP contribution in [0.25, 0.3) is 0 Å². The summed E-state index contributed by atoms with van der Waals surface area (Å²) in [5.41, 5.74) is 2.72. The average Bonchev–Trinajstić information content (AvgIpc) is 3.26. The van der Waals surface area contributed by atoms with Gasteiger partial charge in [-0.2, -0.15) is 5.10 Å². The summed E-state index contributed by atoms with van der Waals surface area (Å²) in [6.07, 6.45) is 3.72. The van der Waals surface area contributed by atoms with Gasteiger partial charge in [0.15, 0.2) is 0 Å². The maximum absolute atomic E-state index is 13.2. The number of rotatable bonds is 5. The first-order valence-corrected chi connectivity index (χ1v) is 9.55. The van der Waals surface area contributed by atoms with Crippen molar-refractivity contribution in [3.05, 3.63) is 83.9 Å². The third kappa shape index (κ3) is 4.12. The number of hydrogen-bond acceptors (Lipinski definition) is 3. The number of carbonyl (C=O) groups excluding carboxylic acids is 1. The summed E-state index contributed by atoms with van der Waals surface area (Å²) in [6.45, 7) is 1.64. The van der Waals surface area contributed by atoms with E-state index < -0.39 is 0 Å². The van der Waals surface area contributed by atoms with Crippen LogP contribution in [0.5, 0.6) is 0 Å². The molecule has 1 atom stereocenters.